The van der Waals surface area contributed by atoms with Crippen molar-refractivity contribution < 1.29 is 4.39 Å². The minimum Gasteiger partial charge on any atom is -0.388 e. The summed E-state index contributed by atoms with van der Waals surface area (Å²) in [6, 6.07) is 13.1. The Hall–Kier alpha value is -1.87. The summed E-state index contributed by atoms with van der Waals surface area (Å²) in [5, 5.41) is 6.68. The van der Waals surface area contributed by atoms with Crippen molar-refractivity contribution >= 4 is 5.69 Å². The van der Waals surface area contributed by atoms with Gasteiger partial charge >= 0.3 is 0 Å². The number of rotatable bonds is 8. The molecule has 1 unspecified atom stereocenters. The summed E-state index contributed by atoms with van der Waals surface area (Å²) in [5.41, 5.74) is 3.99. The molecule has 0 aliphatic carbocycles. The molecule has 124 valence electrons. The molecule has 0 saturated carbocycles. The van der Waals surface area contributed by atoms with Crippen molar-refractivity contribution in [3.05, 3.63) is 53.8 Å². The second-order valence-corrected chi connectivity index (χ2v) is 5.74. The Morgan fingerprint density at radius 2 is 1.74 bits per heavy atom. The van der Waals surface area contributed by atoms with Gasteiger partial charge in [-0.05, 0) is 55.1 Å². The molecular formula is C20H27FN2. The van der Waals surface area contributed by atoms with Crippen LogP contribution in [-0.4, -0.2) is 20.1 Å². The van der Waals surface area contributed by atoms with Gasteiger partial charge in [0.25, 0.3) is 0 Å². The van der Waals surface area contributed by atoms with E-state index in [1.807, 2.05) is 31.3 Å². The van der Waals surface area contributed by atoms with Gasteiger partial charge in [-0.25, -0.2) is 4.39 Å². The zero-order valence-electron chi connectivity index (χ0n) is 14.3. The fourth-order valence-electron chi connectivity index (χ4n) is 3.14. The molecule has 2 aromatic rings. The van der Waals surface area contributed by atoms with Crippen molar-refractivity contribution in [1.82, 2.24) is 5.32 Å². The molecule has 0 spiro atoms. The van der Waals surface area contributed by atoms with Gasteiger partial charge in [-0.1, -0.05) is 44.2 Å². The van der Waals surface area contributed by atoms with Crippen LogP contribution in [0.5, 0.6) is 0 Å². The molecule has 2 nitrogen and oxygen atoms in total. The summed E-state index contributed by atoms with van der Waals surface area (Å²) in [6.07, 6.45) is 2.08. The number of nitrogens with one attached hydrogen (secondary N) is 2. The Bertz CT molecular complexity index is 625. The van der Waals surface area contributed by atoms with Gasteiger partial charge in [0.2, 0.25) is 0 Å². The number of hydrogen-bond donors (Lipinski definition) is 2. The summed E-state index contributed by atoms with van der Waals surface area (Å²) in [4.78, 5) is 0. The first-order valence-electron chi connectivity index (χ1n) is 8.49. The Labute approximate surface area is 139 Å². The summed E-state index contributed by atoms with van der Waals surface area (Å²) in [7, 11) is 1.93. The van der Waals surface area contributed by atoms with Gasteiger partial charge in [-0.2, -0.15) is 0 Å². The average molecular weight is 314 g/mol. The maximum absolute atomic E-state index is 14.3. The maximum atomic E-state index is 14.3. The van der Waals surface area contributed by atoms with Crippen LogP contribution < -0.4 is 10.6 Å². The first kappa shape index (κ1) is 17.5. The minimum atomic E-state index is -0.163. The Morgan fingerprint density at radius 3 is 2.39 bits per heavy atom. The van der Waals surface area contributed by atoms with Crippen LogP contribution in [0.3, 0.4) is 0 Å². The predicted octanol–water partition coefficient (Wildman–Crippen LogP) is 5.03. The van der Waals surface area contributed by atoms with Gasteiger partial charge in [0.15, 0.2) is 0 Å². The van der Waals surface area contributed by atoms with Gasteiger partial charge in [0.1, 0.15) is 5.82 Å². The number of hydrogen-bond acceptors (Lipinski definition) is 2. The molecule has 0 aliphatic heterocycles. The van der Waals surface area contributed by atoms with Gasteiger partial charge in [0.05, 0.1) is 0 Å². The quantitative estimate of drug-likeness (QED) is 0.668. The van der Waals surface area contributed by atoms with Crippen LogP contribution in [0.15, 0.2) is 42.5 Å². The van der Waals surface area contributed by atoms with Crippen LogP contribution in [0.1, 0.15) is 38.2 Å². The van der Waals surface area contributed by atoms with E-state index in [4.69, 9.17) is 0 Å². The van der Waals surface area contributed by atoms with Gasteiger partial charge < -0.3 is 10.6 Å². The lowest BCUT2D eigenvalue weighted by Gasteiger charge is -2.23. The van der Waals surface area contributed by atoms with Crippen LogP contribution in [0.25, 0.3) is 11.1 Å². The zero-order valence-corrected chi connectivity index (χ0v) is 14.3. The van der Waals surface area contributed by atoms with E-state index in [0.717, 1.165) is 37.2 Å². The van der Waals surface area contributed by atoms with E-state index < -0.39 is 0 Å². The summed E-state index contributed by atoms with van der Waals surface area (Å²) in [5.74, 6) is 0.232. The number of benzene rings is 2. The van der Waals surface area contributed by atoms with Crippen molar-refractivity contribution in [3.8, 4) is 11.1 Å². The molecule has 0 aromatic heterocycles. The summed E-state index contributed by atoms with van der Waals surface area (Å²) >= 11 is 0. The Kier molecular flexibility index (Phi) is 6.60. The normalized spacial score (nSPS) is 12.2. The molecule has 23 heavy (non-hydrogen) atoms. The zero-order chi connectivity index (χ0) is 16.7. The number of anilines is 1. The highest BCUT2D eigenvalue weighted by molar-refractivity contribution is 5.75. The predicted molar refractivity (Wildman–Crippen MR) is 97.6 cm³/mol. The van der Waals surface area contributed by atoms with Crippen molar-refractivity contribution in [2.75, 3.05) is 25.5 Å². The third-order valence-corrected chi connectivity index (χ3v) is 4.36. The third-order valence-electron chi connectivity index (χ3n) is 4.36. The van der Waals surface area contributed by atoms with Crippen LogP contribution >= 0.6 is 0 Å². The van der Waals surface area contributed by atoms with E-state index in [9.17, 15) is 4.39 Å². The fraction of sp³-hybridized carbons (Fsp3) is 0.400. The van der Waals surface area contributed by atoms with Crippen molar-refractivity contribution in [1.29, 1.82) is 0 Å². The molecule has 1 atom stereocenters. The van der Waals surface area contributed by atoms with Crippen molar-refractivity contribution in [2.45, 2.75) is 32.6 Å². The van der Waals surface area contributed by atoms with Crippen LogP contribution in [-0.2, 0) is 0 Å². The summed E-state index contributed by atoms with van der Waals surface area (Å²) in [6.45, 7) is 6.27. The smallest absolute Gasteiger partial charge is 0.131 e. The first-order chi connectivity index (χ1) is 11.2. The van der Waals surface area contributed by atoms with Crippen molar-refractivity contribution in [2.24, 2.45) is 0 Å². The molecule has 0 bridgehead atoms. The lowest BCUT2D eigenvalue weighted by Crippen LogP contribution is -2.17. The summed E-state index contributed by atoms with van der Waals surface area (Å²) < 4.78 is 14.3. The van der Waals surface area contributed by atoms with Crippen LogP contribution in [0.4, 0.5) is 10.1 Å². The molecule has 0 heterocycles. The van der Waals surface area contributed by atoms with Crippen LogP contribution in [0, 0.1) is 5.82 Å². The average Bonchev–Trinajstić information content (AvgIpc) is 2.59. The van der Waals surface area contributed by atoms with Gasteiger partial charge in [-0.3, -0.25) is 0 Å². The lowest BCUT2D eigenvalue weighted by molar-refractivity contribution is 0.565. The molecule has 0 fully saturated rings. The second kappa shape index (κ2) is 8.68. The molecule has 3 heteroatoms. The fourth-order valence-corrected chi connectivity index (χ4v) is 3.14. The molecule has 2 aromatic carbocycles. The molecule has 0 aliphatic rings. The highest BCUT2D eigenvalue weighted by Gasteiger charge is 2.19. The highest BCUT2D eigenvalue weighted by atomic mass is 19.1. The topological polar surface area (TPSA) is 24.1 Å². The standard InChI is InChI=1S/C20H27FN2/c1-4-15(13-14-23-5-2)20-17(10-8-12-19(20)22-3)16-9-6-7-11-18(16)21/h6-12,15,22-23H,4-5,13-14H2,1-3H3. The second-order valence-electron chi connectivity index (χ2n) is 5.74. The largest absolute Gasteiger partial charge is 0.388 e. The first-order valence-corrected chi connectivity index (χ1v) is 8.49. The van der Waals surface area contributed by atoms with E-state index in [2.05, 4.69) is 30.5 Å². The third kappa shape index (κ3) is 4.11. The number of halogens is 1. The van der Waals surface area contributed by atoms with Crippen molar-refractivity contribution in [3.63, 3.8) is 0 Å². The molecule has 0 radical (unpaired) electrons. The van der Waals surface area contributed by atoms with E-state index in [0.29, 0.717) is 11.5 Å². The monoisotopic (exact) mass is 314 g/mol. The molecule has 2 N–H and O–H groups in total. The SMILES string of the molecule is CCNCCC(CC)c1c(NC)cccc1-c1ccccc1F. The van der Waals surface area contributed by atoms with Crippen LogP contribution in [0.2, 0.25) is 0 Å². The van der Waals surface area contributed by atoms with E-state index >= 15 is 0 Å². The molecule has 2 rings (SSSR count). The van der Waals surface area contributed by atoms with Gasteiger partial charge in [-0.15, -0.1) is 0 Å². The molecule has 0 saturated heterocycles. The Morgan fingerprint density at radius 1 is 1.00 bits per heavy atom. The Balaban J connectivity index is 2.49. The van der Waals surface area contributed by atoms with Gasteiger partial charge in [0, 0.05) is 18.3 Å². The lowest BCUT2D eigenvalue weighted by atomic mass is 9.85. The van der Waals surface area contributed by atoms with E-state index in [-0.39, 0.29) is 5.82 Å². The van der Waals surface area contributed by atoms with E-state index in [1.165, 1.54) is 11.6 Å². The minimum absolute atomic E-state index is 0.163. The molecular weight excluding hydrogens is 287 g/mol. The van der Waals surface area contributed by atoms with E-state index in [1.54, 1.807) is 6.07 Å². The highest BCUT2D eigenvalue weighted by Crippen LogP contribution is 2.38. The maximum Gasteiger partial charge on any atom is 0.131 e. The molecule has 0 amide bonds.